The summed E-state index contributed by atoms with van der Waals surface area (Å²) in [5, 5.41) is 3.36. The molecule has 2 saturated heterocycles. The molecule has 2 nitrogen and oxygen atoms in total. The smallest absolute Gasteiger partial charge is 0.317 e. The first-order valence-corrected chi connectivity index (χ1v) is 7.57. The molecule has 0 bridgehead atoms. The Kier molecular flexibility index (Phi) is 5.41. The number of halogens is 4. The number of nitrogens with one attached hydrogen (secondary N) is 1. The molecule has 1 N–H and O–H groups in total. The van der Waals surface area contributed by atoms with Crippen molar-refractivity contribution in [2.45, 2.75) is 32.0 Å². The molecule has 6 heteroatoms. The number of nitrogens with zero attached hydrogens (tertiary/aromatic N) is 1. The number of likely N-dealkylation sites (tertiary alicyclic amines) is 1. The van der Waals surface area contributed by atoms with Gasteiger partial charge in [-0.05, 0) is 55.9 Å². The van der Waals surface area contributed by atoms with Gasteiger partial charge >= 0.3 is 6.18 Å². The first-order valence-electron chi connectivity index (χ1n) is 7.57. The highest BCUT2D eigenvalue weighted by Gasteiger charge is 2.39. The molecule has 1 aromatic carbocycles. The summed E-state index contributed by atoms with van der Waals surface area (Å²) >= 11 is 0. The molecule has 0 saturated carbocycles. The number of benzene rings is 1. The van der Waals surface area contributed by atoms with Crippen LogP contribution in [0, 0.1) is 5.41 Å². The minimum atomic E-state index is -4.26. The van der Waals surface area contributed by atoms with Gasteiger partial charge in [0.15, 0.2) is 0 Å². The molecule has 0 amide bonds. The quantitative estimate of drug-likeness (QED) is 0.887. The van der Waals surface area contributed by atoms with Gasteiger partial charge in [-0.25, -0.2) is 0 Å². The predicted octanol–water partition coefficient (Wildman–Crippen LogP) is 3.70. The van der Waals surface area contributed by atoms with Gasteiger partial charge in [0.2, 0.25) is 0 Å². The van der Waals surface area contributed by atoms with Gasteiger partial charge < -0.3 is 5.32 Å². The van der Waals surface area contributed by atoms with Crippen molar-refractivity contribution < 1.29 is 13.2 Å². The SMILES string of the molecule is Cl.FC(F)(F)c1ccccc1CN1CCC2(CCNCC2)C1. The molecule has 2 fully saturated rings. The summed E-state index contributed by atoms with van der Waals surface area (Å²) < 4.78 is 39.1. The van der Waals surface area contributed by atoms with Crippen LogP contribution in [0.5, 0.6) is 0 Å². The van der Waals surface area contributed by atoms with E-state index in [9.17, 15) is 13.2 Å². The molecule has 124 valence electrons. The van der Waals surface area contributed by atoms with Crippen LogP contribution >= 0.6 is 12.4 Å². The Hall–Kier alpha value is -0.780. The standard InChI is InChI=1S/C16H21F3N2.ClH/c17-16(18,19)14-4-2-1-3-13(14)11-21-10-7-15(12-21)5-8-20-9-6-15;/h1-4,20H,5-12H2;1H. The average molecular weight is 335 g/mol. The molecule has 0 atom stereocenters. The highest BCUT2D eigenvalue weighted by atomic mass is 35.5. The van der Waals surface area contributed by atoms with Crippen LogP contribution in [0.4, 0.5) is 13.2 Å². The van der Waals surface area contributed by atoms with Crippen LogP contribution in [0.2, 0.25) is 0 Å². The Balaban J connectivity index is 0.00000176. The van der Waals surface area contributed by atoms with Crippen LogP contribution in [0.1, 0.15) is 30.4 Å². The van der Waals surface area contributed by atoms with Crippen molar-refractivity contribution >= 4 is 12.4 Å². The monoisotopic (exact) mass is 334 g/mol. The Morgan fingerprint density at radius 2 is 1.77 bits per heavy atom. The molecule has 0 aliphatic carbocycles. The van der Waals surface area contributed by atoms with Crippen molar-refractivity contribution in [2.24, 2.45) is 5.41 Å². The van der Waals surface area contributed by atoms with E-state index < -0.39 is 11.7 Å². The predicted molar refractivity (Wildman–Crippen MR) is 83.1 cm³/mol. The van der Waals surface area contributed by atoms with Crippen molar-refractivity contribution in [1.29, 1.82) is 0 Å². The second-order valence-corrected chi connectivity index (χ2v) is 6.37. The third kappa shape index (κ3) is 3.76. The largest absolute Gasteiger partial charge is 0.416 e. The second-order valence-electron chi connectivity index (χ2n) is 6.37. The van der Waals surface area contributed by atoms with E-state index in [0.717, 1.165) is 45.4 Å². The summed E-state index contributed by atoms with van der Waals surface area (Å²) in [6.07, 6.45) is -0.861. The minimum absolute atomic E-state index is 0. The van der Waals surface area contributed by atoms with E-state index in [0.29, 0.717) is 17.5 Å². The first-order chi connectivity index (χ1) is 9.99. The molecule has 0 unspecified atom stereocenters. The topological polar surface area (TPSA) is 15.3 Å². The molecule has 3 rings (SSSR count). The average Bonchev–Trinajstić information content (AvgIpc) is 2.81. The summed E-state index contributed by atoms with van der Waals surface area (Å²) in [4.78, 5) is 2.19. The molecule has 1 spiro atoms. The molecule has 0 aromatic heterocycles. The fourth-order valence-corrected chi connectivity index (χ4v) is 3.70. The zero-order chi connectivity index (χ0) is 14.9. The maximum Gasteiger partial charge on any atom is 0.416 e. The van der Waals surface area contributed by atoms with Crippen LogP contribution < -0.4 is 5.32 Å². The van der Waals surface area contributed by atoms with Crippen LogP contribution in [-0.2, 0) is 12.7 Å². The molecule has 1 aromatic rings. The summed E-state index contributed by atoms with van der Waals surface area (Å²) in [5.74, 6) is 0. The lowest BCUT2D eigenvalue weighted by atomic mass is 9.78. The maximum atomic E-state index is 13.0. The van der Waals surface area contributed by atoms with Gasteiger partial charge in [-0.3, -0.25) is 4.90 Å². The molecular formula is C16H22ClF3N2. The van der Waals surface area contributed by atoms with Gasteiger partial charge in [-0.15, -0.1) is 12.4 Å². The second kappa shape index (κ2) is 6.77. The van der Waals surface area contributed by atoms with E-state index >= 15 is 0 Å². The van der Waals surface area contributed by atoms with E-state index in [4.69, 9.17) is 0 Å². The number of alkyl halides is 3. The highest BCUT2D eigenvalue weighted by molar-refractivity contribution is 5.85. The third-order valence-electron chi connectivity index (χ3n) is 4.90. The lowest BCUT2D eigenvalue weighted by Gasteiger charge is -2.34. The van der Waals surface area contributed by atoms with Crippen LogP contribution in [0.15, 0.2) is 24.3 Å². The van der Waals surface area contributed by atoms with Gasteiger partial charge in [-0.1, -0.05) is 18.2 Å². The van der Waals surface area contributed by atoms with E-state index in [1.807, 2.05) is 0 Å². The van der Waals surface area contributed by atoms with Crippen molar-refractivity contribution in [2.75, 3.05) is 26.2 Å². The van der Waals surface area contributed by atoms with E-state index in [-0.39, 0.29) is 12.4 Å². The Bertz CT molecular complexity index is 498. The summed E-state index contributed by atoms with van der Waals surface area (Å²) in [7, 11) is 0. The number of hydrogen-bond donors (Lipinski definition) is 1. The van der Waals surface area contributed by atoms with Crippen molar-refractivity contribution in [3.05, 3.63) is 35.4 Å². The van der Waals surface area contributed by atoms with Crippen LogP contribution in [-0.4, -0.2) is 31.1 Å². The Morgan fingerprint density at radius 1 is 1.09 bits per heavy atom. The summed E-state index contributed by atoms with van der Waals surface area (Å²) in [6.45, 7) is 4.32. The van der Waals surface area contributed by atoms with Crippen LogP contribution in [0.25, 0.3) is 0 Å². The maximum absolute atomic E-state index is 13.0. The van der Waals surface area contributed by atoms with Crippen molar-refractivity contribution in [3.63, 3.8) is 0 Å². The summed E-state index contributed by atoms with van der Waals surface area (Å²) in [5.41, 5.74) is 0.241. The lowest BCUT2D eigenvalue weighted by molar-refractivity contribution is -0.138. The fraction of sp³-hybridized carbons (Fsp3) is 0.625. The Labute approximate surface area is 135 Å². The number of rotatable bonds is 2. The molecular weight excluding hydrogens is 313 g/mol. The summed E-state index contributed by atoms with van der Waals surface area (Å²) in [6, 6.07) is 5.95. The minimum Gasteiger partial charge on any atom is -0.317 e. The van der Waals surface area contributed by atoms with E-state index in [1.165, 1.54) is 12.1 Å². The van der Waals surface area contributed by atoms with Gasteiger partial charge in [-0.2, -0.15) is 13.2 Å². The Morgan fingerprint density at radius 3 is 2.45 bits per heavy atom. The molecule has 2 aliphatic rings. The highest BCUT2D eigenvalue weighted by Crippen LogP contribution is 2.40. The molecule has 2 heterocycles. The van der Waals surface area contributed by atoms with Gasteiger partial charge in [0.1, 0.15) is 0 Å². The number of piperidine rings is 1. The van der Waals surface area contributed by atoms with E-state index in [1.54, 1.807) is 12.1 Å². The van der Waals surface area contributed by atoms with Gasteiger partial charge in [0, 0.05) is 13.1 Å². The lowest BCUT2D eigenvalue weighted by Crippen LogP contribution is -2.38. The van der Waals surface area contributed by atoms with Gasteiger partial charge in [0.25, 0.3) is 0 Å². The zero-order valence-corrected chi connectivity index (χ0v) is 13.3. The van der Waals surface area contributed by atoms with Crippen molar-refractivity contribution in [3.8, 4) is 0 Å². The number of hydrogen-bond acceptors (Lipinski definition) is 2. The van der Waals surface area contributed by atoms with Gasteiger partial charge in [0.05, 0.1) is 5.56 Å². The normalized spacial score (nSPS) is 21.8. The third-order valence-corrected chi connectivity index (χ3v) is 4.90. The van der Waals surface area contributed by atoms with E-state index in [2.05, 4.69) is 10.2 Å². The molecule has 22 heavy (non-hydrogen) atoms. The molecule has 2 aliphatic heterocycles. The molecule has 0 radical (unpaired) electrons. The first kappa shape index (κ1) is 17.6. The van der Waals surface area contributed by atoms with Crippen molar-refractivity contribution in [1.82, 2.24) is 10.2 Å². The zero-order valence-electron chi connectivity index (χ0n) is 12.5. The van der Waals surface area contributed by atoms with Crippen LogP contribution in [0.3, 0.4) is 0 Å². The fourth-order valence-electron chi connectivity index (χ4n) is 3.70.